The van der Waals surface area contributed by atoms with Crippen LogP contribution in [0.3, 0.4) is 0 Å². The normalized spacial score (nSPS) is 14.9. The number of hydrogen-bond donors (Lipinski definition) is 0. The van der Waals surface area contributed by atoms with Gasteiger partial charge in [-0.3, -0.25) is 0 Å². The summed E-state index contributed by atoms with van der Waals surface area (Å²) in [5, 5.41) is 9.49. The van der Waals surface area contributed by atoms with Crippen LogP contribution in [0, 0.1) is 23.0 Å². The monoisotopic (exact) mass is 500 g/mol. The Hall–Kier alpha value is -3.75. The number of piperazine rings is 1. The molecule has 0 saturated carbocycles. The molecule has 0 radical (unpaired) electrons. The van der Waals surface area contributed by atoms with Gasteiger partial charge in [-0.25, -0.2) is 17.2 Å². The lowest BCUT2D eigenvalue weighted by Gasteiger charge is -2.33. The Balaban J connectivity index is 1.47. The summed E-state index contributed by atoms with van der Waals surface area (Å²) in [5.74, 6) is -1.09. The highest BCUT2D eigenvalue weighted by molar-refractivity contribution is 7.89. The Morgan fingerprint density at radius 2 is 1.74 bits per heavy atom. The van der Waals surface area contributed by atoms with Crippen LogP contribution in [0.5, 0.6) is 5.75 Å². The molecule has 1 aliphatic heterocycles. The zero-order valence-electron chi connectivity index (χ0n) is 18.8. The van der Waals surface area contributed by atoms with E-state index in [4.69, 9.17) is 9.15 Å². The zero-order valence-corrected chi connectivity index (χ0v) is 19.6. The standard InChI is InChI=1S/C24H22F2N4O4S/c1-2-33-18-9-6-17(7-10-18)8-11-22-28-21(16-27)24(34-22)29-12-14-30(15-13-29)35(31,32)23-19(25)4-3-5-20(23)26/h3-11H,2,12-15H2,1H3/b11-8+. The van der Waals surface area contributed by atoms with Crippen LogP contribution in [0.2, 0.25) is 0 Å². The summed E-state index contributed by atoms with van der Waals surface area (Å²) in [6, 6.07) is 12.3. The number of sulfonamides is 1. The minimum atomic E-state index is -4.36. The molecule has 0 spiro atoms. The maximum Gasteiger partial charge on any atom is 0.249 e. The molecule has 0 unspecified atom stereocenters. The minimum Gasteiger partial charge on any atom is -0.494 e. The van der Waals surface area contributed by atoms with Crippen molar-refractivity contribution in [3.8, 4) is 11.8 Å². The fraction of sp³-hybridized carbons (Fsp3) is 0.250. The molecule has 0 bridgehead atoms. The van der Waals surface area contributed by atoms with Crippen LogP contribution in [0.4, 0.5) is 14.7 Å². The smallest absolute Gasteiger partial charge is 0.249 e. The van der Waals surface area contributed by atoms with Crippen molar-refractivity contribution in [2.75, 3.05) is 37.7 Å². The van der Waals surface area contributed by atoms with Crippen LogP contribution in [-0.2, 0) is 10.0 Å². The third-order valence-corrected chi connectivity index (χ3v) is 7.33. The molecule has 0 aliphatic carbocycles. The van der Waals surface area contributed by atoms with E-state index >= 15 is 0 Å². The molecule has 0 atom stereocenters. The Morgan fingerprint density at radius 1 is 1.09 bits per heavy atom. The molecular formula is C24H22F2N4O4S. The number of anilines is 1. The van der Waals surface area contributed by atoms with Crippen molar-refractivity contribution < 1.29 is 26.4 Å². The Bertz CT molecular complexity index is 1350. The summed E-state index contributed by atoms with van der Waals surface area (Å²) in [5.41, 5.74) is 0.943. The van der Waals surface area contributed by atoms with Crippen LogP contribution >= 0.6 is 0 Å². The molecule has 0 N–H and O–H groups in total. The van der Waals surface area contributed by atoms with E-state index in [1.165, 1.54) is 0 Å². The number of hydrogen-bond acceptors (Lipinski definition) is 7. The maximum absolute atomic E-state index is 14.1. The van der Waals surface area contributed by atoms with Crippen molar-refractivity contribution in [2.45, 2.75) is 11.8 Å². The third kappa shape index (κ3) is 5.18. The molecule has 4 rings (SSSR count). The van der Waals surface area contributed by atoms with E-state index in [1.54, 1.807) is 17.1 Å². The fourth-order valence-corrected chi connectivity index (χ4v) is 5.22. The van der Waals surface area contributed by atoms with Gasteiger partial charge in [0.25, 0.3) is 0 Å². The van der Waals surface area contributed by atoms with Gasteiger partial charge in [0.05, 0.1) is 6.61 Å². The number of benzene rings is 2. The molecule has 2 heterocycles. The maximum atomic E-state index is 14.1. The first-order chi connectivity index (χ1) is 16.8. The van der Waals surface area contributed by atoms with Crippen LogP contribution in [0.1, 0.15) is 24.1 Å². The van der Waals surface area contributed by atoms with E-state index in [-0.39, 0.29) is 43.6 Å². The van der Waals surface area contributed by atoms with Crippen LogP contribution in [0.15, 0.2) is 51.8 Å². The Morgan fingerprint density at radius 3 is 2.34 bits per heavy atom. The van der Waals surface area contributed by atoms with Crippen molar-refractivity contribution >= 4 is 28.1 Å². The average Bonchev–Trinajstić information content (AvgIpc) is 3.27. The summed E-state index contributed by atoms with van der Waals surface area (Å²) in [4.78, 5) is 4.91. The van der Waals surface area contributed by atoms with Gasteiger partial charge in [0, 0.05) is 32.3 Å². The predicted octanol–water partition coefficient (Wildman–Crippen LogP) is 3.90. The van der Waals surface area contributed by atoms with Gasteiger partial charge in [-0.1, -0.05) is 18.2 Å². The first-order valence-electron chi connectivity index (χ1n) is 10.8. The van der Waals surface area contributed by atoms with Crippen molar-refractivity contribution in [1.82, 2.24) is 9.29 Å². The predicted molar refractivity (Wildman–Crippen MR) is 125 cm³/mol. The topological polar surface area (TPSA) is 99.7 Å². The molecule has 0 amide bonds. The zero-order chi connectivity index (χ0) is 25.0. The van der Waals surface area contributed by atoms with E-state index in [0.717, 1.165) is 33.8 Å². The molecular weight excluding hydrogens is 478 g/mol. The van der Waals surface area contributed by atoms with Crippen molar-refractivity contribution in [3.05, 3.63) is 71.2 Å². The summed E-state index contributed by atoms with van der Waals surface area (Å²) in [6.45, 7) is 2.70. The summed E-state index contributed by atoms with van der Waals surface area (Å²) < 4.78 is 65.9. The number of oxazole rings is 1. The highest BCUT2D eigenvalue weighted by Gasteiger charge is 2.34. The highest BCUT2D eigenvalue weighted by Crippen LogP contribution is 2.27. The van der Waals surface area contributed by atoms with E-state index in [0.29, 0.717) is 6.61 Å². The number of aromatic nitrogens is 1. The van der Waals surface area contributed by atoms with Crippen molar-refractivity contribution in [2.24, 2.45) is 0 Å². The quantitative estimate of drug-likeness (QED) is 0.485. The lowest BCUT2D eigenvalue weighted by molar-refractivity contribution is 0.340. The van der Waals surface area contributed by atoms with Gasteiger partial charge in [-0.2, -0.15) is 14.6 Å². The second kappa shape index (κ2) is 10.2. The molecule has 1 saturated heterocycles. The Kier molecular flexibility index (Phi) is 7.14. The summed E-state index contributed by atoms with van der Waals surface area (Å²) >= 11 is 0. The molecule has 1 aromatic heterocycles. The molecule has 1 aliphatic rings. The lowest BCUT2D eigenvalue weighted by Crippen LogP contribution is -2.49. The van der Waals surface area contributed by atoms with Gasteiger partial charge in [0.2, 0.25) is 27.5 Å². The van der Waals surface area contributed by atoms with Crippen LogP contribution in [0.25, 0.3) is 12.2 Å². The van der Waals surface area contributed by atoms with Crippen molar-refractivity contribution in [3.63, 3.8) is 0 Å². The summed E-state index contributed by atoms with van der Waals surface area (Å²) in [6.07, 6.45) is 3.40. The molecule has 182 valence electrons. The second-order valence-corrected chi connectivity index (χ2v) is 9.47. The van der Waals surface area contributed by atoms with Crippen molar-refractivity contribution in [1.29, 1.82) is 5.26 Å². The second-order valence-electron chi connectivity index (χ2n) is 7.59. The van der Waals surface area contributed by atoms with Gasteiger partial charge < -0.3 is 14.1 Å². The molecule has 8 nitrogen and oxygen atoms in total. The number of ether oxygens (including phenoxy) is 1. The highest BCUT2D eigenvalue weighted by atomic mass is 32.2. The van der Waals surface area contributed by atoms with Gasteiger partial charge in [-0.05, 0) is 42.8 Å². The first kappa shape index (κ1) is 24.4. The van der Waals surface area contributed by atoms with E-state index < -0.39 is 26.6 Å². The number of halogens is 2. The van der Waals surface area contributed by atoms with Gasteiger partial charge in [0.15, 0.2) is 4.90 Å². The fourth-order valence-electron chi connectivity index (χ4n) is 3.69. The van der Waals surface area contributed by atoms with Gasteiger partial charge in [0.1, 0.15) is 23.5 Å². The van der Waals surface area contributed by atoms with Gasteiger partial charge in [-0.15, -0.1) is 0 Å². The lowest BCUT2D eigenvalue weighted by atomic mass is 10.2. The first-order valence-corrected chi connectivity index (χ1v) is 12.3. The molecule has 3 aromatic rings. The average molecular weight is 501 g/mol. The molecule has 2 aromatic carbocycles. The summed E-state index contributed by atoms with van der Waals surface area (Å²) in [7, 11) is -4.36. The SMILES string of the molecule is CCOc1ccc(/C=C/c2nc(C#N)c(N3CCN(S(=O)(=O)c4c(F)cccc4F)CC3)o2)cc1. The van der Waals surface area contributed by atoms with E-state index in [2.05, 4.69) is 4.98 Å². The molecule has 11 heteroatoms. The van der Waals surface area contributed by atoms with Gasteiger partial charge >= 0.3 is 0 Å². The Labute approximate surface area is 201 Å². The largest absolute Gasteiger partial charge is 0.494 e. The molecule has 1 fully saturated rings. The third-order valence-electron chi connectivity index (χ3n) is 5.38. The number of nitriles is 1. The number of nitrogens with zero attached hydrogens (tertiary/aromatic N) is 4. The van der Waals surface area contributed by atoms with Crippen LogP contribution in [-0.4, -0.2) is 50.5 Å². The minimum absolute atomic E-state index is 0.0426. The van der Waals surface area contributed by atoms with Crippen LogP contribution < -0.4 is 9.64 Å². The number of rotatable bonds is 7. The van der Waals surface area contributed by atoms with E-state index in [1.807, 2.05) is 37.3 Å². The molecule has 35 heavy (non-hydrogen) atoms. The van der Waals surface area contributed by atoms with E-state index in [9.17, 15) is 22.5 Å².